The first-order chi connectivity index (χ1) is 10.0. The van der Waals surface area contributed by atoms with Gasteiger partial charge in [-0.25, -0.2) is 4.39 Å². The average Bonchev–Trinajstić information content (AvgIpc) is 2.47. The van der Waals surface area contributed by atoms with Crippen LogP contribution >= 0.6 is 0 Å². The van der Waals surface area contributed by atoms with Crippen LogP contribution in [0, 0.1) is 12.7 Å². The summed E-state index contributed by atoms with van der Waals surface area (Å²) in [7, 11) is 0. The molecule has 1 N–H and O–H groups in total. The van der Waals surface area contributed by atoms with E-state index in [4.69, 9.17) is 4.74 Å². The molecule has 2 rings (SSSR count). The van der Waals surface area contributed by atoms with E-state index in [1.54, 1.807) is 12.1 Å². The molecule has 21 heavy (non-hydrogen) atoms. The Morgan fingerprint density at radius 3 is 2.71 bits per heavy atom. The maximum Gasteiger partial charge on any atom is 0.165 e. The number of rotatable bonds is 6. The molecule has 1 aromatic heterocycles. The highest BCUT2D eigenvalue weighted by Crippen LogP contribution is 2.19. The topological polar surface area (TPSA) is 34.1 Å². The van der Waals surface area contributed by atoms with Gasteiger partial charge in [-0.3, -0.25) is 4.98 Å². The number of aryl methyl sites for hydroxylation is 1. The molecule has 112 valence electrons. The predicted octanol–water partition coefficient (Wildman–Crippen LogP) is 3.61. The zero-order valence-electron chi connectivity index (χ0n) is 12.7. The van der Waals surface area contributed by atoms with Gasteiger partial charge in [0.15, 0.2) is 11.6 Å². The third-order valence-electron chi connectivity index (χ3n) is 3.06. The molecule has 0 unspecified atom stereocenters. The number of ether oxygens (including phenoxy) is 1. The smallest absolute Gasteiger partial charge is 0.165 e. The molecule has 0 amide bonds. The van der Waals surface area contributed by atoms with E-state index in [-0.39, 0.29) is 18.2 Å². The number of nitrogens with zero attached hydrogens (tertiary/aromatic N) is 1. The van der Waals surface area contributed by atoms with Crippen molar-refractivity contribution in [2.24, 2.45) is 0 Å². The van der Waals surface area contributed by atoms with Crippen molar-refractivity contribution >= 4 is 0 Å². The number of aromatic nitrogens is 1. The van der Waals surface area contributed by atoms with Crippen molar-refractivity contribution in [3.05, 3.63) is 59.2 Å². The number of nitrogens with one attached hydrogen (secondary N) is 1. The van der Waals surface area contributed by atoms with E-state index >= 15 is 0 Å². The molecule has 0 saturated heterocycles. The van der Waals surface area contributed by atoms with Crippen molar-refractivity contribution in [3.63, 3.8) is 0 Å². The molecule has 0 fully saturated rings. The van der Waals surface area contributed by atoms with Crippen molar-refractivity contribution in [2.45, 2.75) is 40.0 Å². The van der Waals surface area contributed by atoms with E-state index in [2.05, 4.69) is 24.1 Å². The number of benzene rings is 1. The minimum absolute atomic E-state index is 0.262. The second-order valence-corrected chi connectivity index (χ2v) is 5.42. The first-order valence-electron chi connectivity index (χ1n) is 7.11. The highest BCUT2D eigenvalue weighted by molar-refractivity contribution is 5.29. The molecule has 0 aliphatic rings. The monoisotopic (exact) mass is 288 g/mol. The number of hydrogen-bond acceptors (Lipinski definition) is 3. The lowest BCUT2D eigenvalue weighted by Crippen LogP contribution is -2.21. The standard InChI is InChI=1S/C17H21FN2O/c1-12(2)19-9-14-5-6-15(20-10-14)11-21-17-8-13(3)4-7-16(17)18/h4-8,10,12,19H,9,11H2,1-3H3. The zero-order chi connectivity index (χ0) is 15.2. The minimum Gasteiger partial charge on any atom is -0.484 e. The van der Waals surface area contributed by atoms with Crippen molar-refractivity contribution in [3.8, 4) is 5.75 Å². The molecule has 1 aromatic carbocycles. The van der Waals surface area contributed by atoms with Gasteiger partial charge in [0.05, 0.1) is 5.69 Å². The van der Waals surface area contributed by atoms with E-state index < -0.39 is 0 Å². The Bertz CT molecular complexity index is 582. The van der Waals surface area contributed by atoms with Crippen LogP contribution in [0.15, 0.2) is 36.5 Å². The molecule has 3 nitrogen and oxygen atoms in total. The fourth-order valence-corrected chi connectivity index (χ4v) is 1.84. The van der Waals surface area contributed by atoms with Crippen LogP contribution < -0.4 is 10.1 Å². The van der Waals surface area contributed by atoms with Gasteiger partial charge in [0.1, 0.15) is 6.61 Å². The zero-order valence-corrected chi connectivity index (χ0v) is 12.7. The summed E-state index contributed by atoms with van der Waals surface area (Å²) in [6, 6.07) is 9.18. The average molecular weight is 288 g/mol. The van der Waals surface area contributed by atoms with E-state index in [1.807, 2.05) is 25.3 Å². The van der Waals surface area contributed by atoms with Gasteiger partial charge < -0.3 is 10.1 Å². The van der Waals surface area contributed by atoms with Gasteiger partial charge in [-0.15, -0.1) is 0 Å². The van der Waals surface area contributed by atoms with Crippen molar-refractivity contribution in [1.82, 2.24) is 10.3 Å². The summed E-state index contributed by atoms with van der Waals surface area (Å²) in [6.45, 7) is 7.16. The second-order valence-electron chi connectivity index (χ2n) is 5.42. The summed E-state index contributed by atoms with van der Waals surface area (Å²) in [5, 5.41) is 3.33. The van der Waals surface area contributed by atoms with Crippen molar-refractivity contribution in [2.75, 3.05) is 0 Å². The van der Waals surface area contributed by atoms with Crippen molar-refractivity contribution in [1.29, 1.82) is 0 Å². The SMILES string of the molecule is Cc1ccc(F)c(OCc2ccc(CNC(C)C)cn2)c1. The molecule has 1 heterocycles. The summed E-state index contributed by atoms with van der Waals surface area (Å²) in [5.74, 6) is -0.0827. The molecule has 0 bridgehead atoms. The Morgan fingerprint density at radius 2 is 2.05 bits per heavy atom. The fourth-order valence-electron chi connectivity index (χ4n) is 1.84. The maximum absolute atomic E-state index is 13.6. The lowest BCUT2D eigenvalue weighted by molar-refractivity contribution is 0.285. The molecule has 4 heteroatoms. The Morgan fingerprint density at radius 1 is 1.24 bits per heavy atom. The lowest BCUT2D eigenvalue weighted by atomic mass is 10.2. The molecule has 0 aliphatic heterocycles. The minimum atomic E-state index is -0.349. The first kappa shape index (κ1) is 15.4. The quantitative estimate of drug-likeness (QED) is 0.881. The van der Waals surface area contributed by atoms with Crippen LogP contribution in [0.5, 0.6) is 5.75 Å². The lowest BCUT2D eigenvalue weighted by Gasteiger charge is -2.09. The van der Waals surface area contributed by atoms with Crippen LogP contribution in [0.1, 0.15) is 30.7 Å². The number of hydrogen-bond donors (Lipinski definition) is 1. The molecule has 0 spiro atoms. The highest BCUT2D eigenvalue weighted by Gasteiger charge is 2.04. The Hall–Kier alpha value is -1.94. The molecule has 0 radical (unpaired) electrons. The summed E-state index contributed by atoms with van der Waals surface area (Å²) in [6.07, 6.45) is 1.82. The van der Waals surface area contributed by atoms with Crippen LogP contribution in [0.4, 0.5) is 4.39 Å². The van der Waals surface area contributed by atoms with Crippen LogP contribution in [0.25, 0.3) is 0 Å². The third kappa shape index (κ3) is 4.83. The molecular weight excluding hydrogens is 267 g/mol. The summed E-state index contributed by atoms with van der Waals surface area (Å²) in [4.78, 5) is 4.34. The van der Waals surface area contributed by atoms with Gasteiger partial charge in [-0.2, -0.15) is 0 Å². The molecule has 0 saturated carbocycles. The van der Waals surface area contributed by atoms with E-state index in [9.17, 15) is 4.39 Å². The van der Waals surface area contributed by atoms with Crippen LogP contribution in [0.2, 0.25) is 0 Å². The Balaban J connectivity index is 1.93. The van der Waals surface area contributed by atoms with Gasteiger partial charge in [-0.05, 0) is 36.2 Å². The van der Waals surface area contributed by atoms with Gasteiger partial charge in [0.25, 0.3) is 0 Å². The Labute approximate surface area is 125 Å². The number of pyridine rings is 1. The molecular formula is C17H21FN2O. The molecule has 0 aliphatic carbocycles. The molecule has 0 atom stereocenters. The van der Waals surface area contributed by atoms with Gasteiger partial charge in [-0.1, -0.05) is 26.0 Å². The summed E-state index contributed by atoms with van der Waals surface area (Å²) < 4.78 is 19.0. The predicted molar refractivity (Wildman–Crippen MR) is 81.7 cm³/mol. The third-order valence-corrected chi connectivity index (χ3v) is 3.06. The largest absolute Gasteiger partial charge is 0.484 e. The van der Waals surface area contributed by atoms with Crippen LogP contribution in [-0.4, -0.2) is 11.0 Å². The first-order valence-corrected chi connectivity index (χ1v) is 7.11. The normalized spacial score (nSPS) is 10.9. The van der Waals surface area contributed by atoms with Crippen LogP contribution in [-0.2, 0) is 13.2 Å². The molecule has 2 aromatic rings. The van der Waals surface area contributed by atoms with E-state index in [0.29, 0.717) is 6.04 Å². The van der Waals surface area contributed by atoms with Gasteiger partial charge in [0, 0.05) is 18.8 Å². The summed E-state index contributed by atoms with van der Waals surface area (Å²) in [5.41, 5.74) is 2.87. The maximum atomic E-state index is 13.6. The van der Waals surface area contributed by atoms with Gasteiger partial charge in [0.2, 0.25) is 0 Å². The second kappa shape index (κ2) is 7.18. The summed E-state index contributed by atoms with van der Waals surface area (Å²) >= 11 is 0. The number of halogens is 1. The Kier molecular flexibility index (Phi) is 5.28. The van der Waals surface area contributed by atoms with Gasteiger partial charge >= 0.3 is 0 Å². The van der Waals surface area contributed by atoms with Crippen molar-refractivity contribution < 1.29 is 9.13 Å². The fraction of sp³-hybridized carbons (Fsp3) is 0.353. The highest BCUT2D eigenvalue weighted by atomic mass is 19.1. The van der Waals surface area contributed by atoms with E-state index in [1.165, 1.54) is 6.07 Å². The van der Waals surface area contributed by atoms with Crippen LogP contribution in [0.3, 0.4) is 0 Å². The van der Waals surface area contributed by atoms with E-state index in [0.717, 1.165) is 23.4 Å².